The molecule has 0 aromatic carbocycles. The van der Waals surface area contributed by atoms with Crippen LogP contribution < -0.4 is 5.32 Å². The van der Waals surface area contributed by atoms with Gasteiger partial charge in [0.25, 0.3) is 0 Å². The smallest absolute Gasteiger partial charge is 0.0700 e. The molecule has 0 aliphatic carbocycles. The lowest BCUT2D eigenvalue weighted by atomic mass is 10.1. The summed E-state index contributed by atoms with van der Waals surface area (Å²) in [6.07, 6.45) is 3.77. The van der Waals surface area contributed by atoms with Crippen LogP contribution in [0.15, 0.2) is 24.5 Å². The van der Waals surface area contributed by atoms with Crippen LogP contribution in [0.2, 0.25) is 0 Å². The zero-order valence-electron chi connectivity index (χ0n) is 11.5. The number of ether oxygens (including phenoxy) is 2. The SMILES string of the molecule is COCCOCCN1CCNCC1c1cccnc1. The van der Waals surface area contributed by atoms with Gasteiger partial charge in [-0.15, -0.1) is 0 Å². The molecule has 5 heteroatoms. The van der Waals surface area contributed by atoms with Crippen molar-refractivity contribution in [2.24, 2.45) is 0 Å². The Labute approximate surface area is 114 Å². The van der Waals surface area contributed by atoms with Crippen LogP contribution >= 0.6 is 0 Å². The van der Waals surface area contributed by atoms with Crippen LogP contribution in [0.1, 0.15) is 11.6 Å². The molecule has 1 unspecified atom stereocenters. The average molecular weight is 265 g/mol. The van der Waals surface area contributed by atoms with Gasteiger partial charge in [-0.2, -0.15) is 0 Å². The summed E-state index contributed by atoms with van der Waals surface area (Å²) in [7, 11) is 1.69. The number of rotatable bonds is 7. The summed E-state index contributed by atoms with van der Waals surface area (Å²) < 4.78 is 10.5. The van der Waals surface area contributed by atoms with Crippen LogP contribution in [0.3, 0.4) is 0 Å². The van der Waals surface area contributed by atoms with E-state index in [1.54, 1.807) is 7.11 Å². The molecule has 19 heavy (non-hydrogen) atoms. The highest BCUT2D eigenvalue weighted by molar-refractivity contribution is 5.15. The van der Waals surface area contributed by atoms with Crippen LogP contribution in [-0.4, -0.2) is 63.0 Å². The summed E-state index contributed by atoms with van der Waals surface area (Å²) in [6.45, 7) is 6.09. The Morgan fingerprint density at radius 3 is 3.16 bits per heavy atom. The molecule has 0 amide bonds. The number of hydrogen-bond donors (Lipinski definition) is 1. The van der Waals surface area contributed by atoms with Crippen molar-refractivity contribution in [3.05, 3.63) is 30.1 Å². The number of nitrogens with zero attached hydrogens (tertiary/aromatic N) is 2. The Hall–Kier alpha value is -1.01. The molecular formula is C14H23N3O2. The first-order chi connectivity index (χ1) is 9.42. The summed E-state index contributed by atoms with van der Waals surface area (Å²) in [5.74, 6) is 0. The standard InChI is InChI=1S/C14H23N3O2/c1-18-9-10-19-8-7-17-6-5-16-12-14(17)13-3-2-4-15-11-13/h2-4,11,14,16H,5-10,12H2,1H3. The molecule has 0 bridgehead atoms. The Kier molecular flexibility index (Phi) is 6.23. The minimum atomic E-state index is 0.397. The van der Waals surface area contributed by atoms with Crippen molar-refractivity contribution in [2.75, 3.05) is 53.1 Å². The highest BCUT2D eigenvalue weighted by Gasteiger charge is 2.23. The summed E-state index contributed by atoms with van der Waals surface area (Å²) >= 11 is 0. The summed E-state index contributed by atoms with van der Waals surface area (Å²) in [6, 6.07) is 4.54. The van der Waals surface area contributed by atoms with E-state index in [4.69, 9.17) is 9.47 Å². The van der Waals surface area contributed by atoms with Crippen LogP contribution in [0.5, 0.6) is 0 Å². The second-order valence-electron chi connectivity index (χ2n) is 4.65. The molecule has 5 nitrogen and oxygen atoms in total. The van der Waals surface area contributed by atoms with E-state index in [1.165, 1.54) is 5.56 Å². The molecule has 0 saturated carbocycles. The lowest BCUT2D eigenvalue weighted by Gasteiger charge is -2.36. The molecule has 2 rings (SSSR count). The van der Waals surface area contributed by atoms with Gasteiger partial charge in [0.15, 0.2) is 0 Å². The third-order valence-electron chi connectivity index (χ3n) is 3.38. The molecule has 106 valence electrons. The van der Waals surface area contributed by atoms with Gasteiger partial charge in [0.2, 0.25) is 0 Å². The largest absolute Gasteiger partial charge is 0.382 e. The highest BCUT2D eigenvalue weighted by Crippen LogP contribution is 2.20. The first-order valence-electron chi connectivity index (χ1n) is 6.83. The van der Waals surface area contributed by atoms with Crippen molar-refractivity contribution in [1.82, 2.24) is 15.2 Å². The Bertz CT molecular complexity index is 348. The van der Waals surface area contributed by atoms with E-state index in [-0.39, 0.29) is 0 Å². The Balaban J connectivity index is 1.83. The maximum Gasteiger partial charge on any atom is 0.0700 e. The van der Waals surface area contributed by atoms with Crippen molar-refractivity contribution in [3.8, 4) is 0 Å². The van der Waals surface area contributed by atoms with Gasteiger partial charge in [0, 0.05) is 51.7 Å². The van der Waals surface area contributed by atoms with Crippen LogP contribution in [-0.2, 0) is 9.47 Å². The lowest BCUT2D eigenvalue weighted by Crippen LogP contribution is -2.47. The minimum Gasteiger partial charge on any atom is -0.382 e. The highest BCUT2D eigenvalue weighted by atomic mass is 16.5. The number of methoxy groups -OCH3 is 1. The predicted octanol–water partition coefficient (Wildman–Crippen LogP) is 0.691. The third-order valence-corrected chi connectivity index (χ3v) is 3.38. The Morgan fingerprint density at radius 2 is 2.37 bits per heavy atom. The molecule has 0 radical (unpaired) electrons. The van der Waals surface area contributed by atoms with Crippen LogP contribution in [0.25, 0.3) is 0 Å². The van der Waals surface area contributed by atoms with E-state index in [0.717, 1.165) is 32.8 Å². The quantitative estimate of drug-likeness (QED) is 0.735. The van der Waals surface area contributed by atoms with Crippen LogP contribution in [0.4, 0.5) is 0 Å². The molecule has 1 aromatic heterocycles. The molecular weight excluding hydrogens is 242 g/mol. The van der Waals surface area contributed by atoms with Crippen molar-refractivity contribution in [3.63, 3.8) is 0 Å². The fourth-order valence-electron chi connectivity index (χ4n) is 2.34. The van der Waals surface area contributed by atoms with E-state index in [0.29, 0.717) is 19.3 Å². The minimum absolute atomic E-state index is 0.397. The fraction of sp³-hybridized carbons (Fsp3) is 0.643. The molecule has 0 spiro atoms. The molecule has 1 fully saturated rings. The third kappa shape index (κ3) is 4.54. The topological polar surface area (TPSA) is 46.6 Å². The van der Waals surface area contributed by atoms with Gasteiger partial charge in [0.1, 0.15) is 0 Å². The monoisotopic (exact) mass is 265 g/mol. The van der Waals surface area contributed by atoms with E-state index in [9.17, 15) is 0 Å². The normalized spacial score (nSPS) is 20.6. The molecule has 1 aromatic rings. The van der Waals surface area contributed by atoms with Crippen molar-refractivity contribution in [1.29, 1.82) is 0 Å². The second kappa shape index (κ2) is 8.22. The van der Waals surface area contributed by atoms with Gasteiger partial charge in [0.05, 0.1) is 19.8 Å². The first-order valence-corrected chi connectivity index (χ1v) is 6.83. The van der Waals surface area contributed by atoms with Crippen molar-refractivity contribution >= 4 is 0 Å². The molecule has 1 N–H and O–H groups in total. The van der Waals surface area contributed by atoms with E-state index in [2.05, 4.69) is 21.3 Å². The van der Waals surface area contributed by atoms with Gasteiger partial charge >= 0.3 is 0 Å². The van der Waals surface area contributed by atoms with Gasteiger partial charge in [-0.25, -0.2) is 0 Å². The van der Waals surface area contributed by atoms with Crippen molar-refractivity contribution in [2.45, 2.75) is 6.04 Å². The summed E-state index contributed by atoms with van der Waals surface area (Å²) in [4.78, 5) is 6.67. The number of pyridine rings is 1. The van der Waals surface area contributed by atoms with Crippen molar-refractivity contribution < 1.29 is 9.47 Å². The fourth-order valence-corrected chi connectivity index (χ4v) is 2.34. The maximum absolute atomic E-state index is 5.56. The second-order valence-corrected chi connectivity index (χ2v) is 4.65. The zero-order valence-corrected chi connectivity index (χ0v) is 11.5. The zero-order chi connectivity index (χ0) is 13.3. The first kappa shape index (κ1) is 14.4. The van der Waals surface area contributed by atoms with E-state index < -0.39 is 0 Å². The van der Waals surface area contributed by atoms with Crippen LogP contribution in [0, 0.1) is 0 Å². The van der Waals surface area contributed by atoms with E-state index >= 15 is 0 Å². The van der Waals surface area contributed by atoms with Gasteiger partial charge in [-0.3, -0.25) is 9.88 Å². The molecule has 2 heterocycles. The Morgan fingerprint density at radius 1 is 1.42 bits per heavy atom. The number of aromatic nitrogens is 1. The lowest BCUT2D eigenvalue weighted by molar-refractivity contribution is 0.0447. The average Bonchev–Trinajstić information content (AvgIpc) is 2.48. The van der Waals surface area contributed by atoms with Gasteiger partial charge in [-0.05, 0) is 11.6 Å². The van der Waals surface area contributed by atoms with Gasteiger partial charge < -0.3 is 14.8 Å². The molecule has 1 aliphatic heterocycles. The molecule has 1 atom stereocenters. The summed E-state index contributed by atoms with van der Waals surface area (Å²) in [5, 5.41) is 3.44. The summed E-state index contributed by atoms with van der Waals surface area (Å²) in [5.41, 5.74) is 1.27. The maximum atomic E-state index is 5.56. The number of nitrogens with one attached hydrogen (secondary N) is 1. The number of hydrogen-bond acceptors (Lipinski definition) is 5. The van der Waals surface area contributed by atoms with Gasteiger partial charge in [-0.1, -0.05) is 6.07 Å². The molecule has 1 saturated heterocycles. The van der Waals surface area contributed by atoms with E-state index in [1.807, 2.05) is 18.5 Å². The predicted molar refractivity (Wildman–Crippen MR) is 74.1 cm³/mol. The molecule has 1 aliphatic rings. The number of piperazine rings is 1.